The molecule has 2 atom stereocenters. The third-order valence-electron chi connectivity index (χ3n) is 3.99. The third-order valence-corrected chi connectivity index (χ3v) is 3.99. The van der Waals surface area contributed by atoms with E-state index in [1.165, 1.54) is 6.42 Å². The third kappa shape index (κ3) is 2.45. The average Bonchev–Trinajstić information content (AvgIpc) is 2.97. The summed E-state index contributed by atoms with van der Waals surface area (Å²) in [6.45, 7) is 2.24. The second-order valence-corrected chi connectivity index (χ2v) is 5.67. The molecule has 4 rings (SSSR count). The van der Waals surface area contributed by atoms with E-state index < -0.39 is 0 Å². The number of hydrogen-bond donors (Lipinski definition) is 0. The Morgan fingerprint density at radius 3 is 2.82 bits per heavy atom. The van der Waals surface area contributed by atoms with Crippen LogP contribution >= 0.6 is 0 Å². The highest BCUT2D eigenvalue weighted by atomic mass is 16.3. The van der Waals surface area contributed by atoms with Crippen molar-refractivity contribution in [2.24, 2.45) is 11.0 Å². The molecule has 1 aliphatic rings. The lowest BCUT2D eigenvalue weighted by Gasteiger charge is -1.99. The molecule has 110 valence electrons. The Kier molecular flexibility index (Phi) is 3.11. The molecule has 0 saturated heterocycles. The van der Waals surface area contributed by atoms with E-state index in [-0.39, 0.29) is 0 Å². The Labute approximate surface area is 128 Å². The predicted octanol–water partition coefficient (Wildman–Crippen LogP) is 3.54. The van der Waals surface area contributed by atoms with Crippen LogP contribution in [0.1, 0.15) is 30.8 Å². The molecule has 0 bridgehead atoms. The molecule has 5 heteroatoms. The maximum Gasteiger partial charge on any atom is 0.184 e. The van der Waals surface area contributed by atoms with Crippen molar-refractivity contribution in [2.75, 3.05) is 0 Å². The lowest BCUT2D eigenvalue weighted by molar-refractivity contribution is 0.500. The van der Waals surface area contributed by atoms with Gasteiger partial charge < -0.3 is 4.42 Å². The quantitative estimate of drug-likeness (QED) is 0.691. The molecule has 1 aliphatic carbocycles. The minimum absolute atomic E-state index is 0.581. The van der Waals surface area contributed by atoms with Crippen LogP contribution in [0.5, 0.6) is 0 Å². The molecule has 0 radical (unpaired) electrons. The van der Waals surface area contributed by atoms with Gasteiger partial charge in [0.25, 0.3) is 0 Å². The van der Waals surface area contributed by atoms with Crippen molar-refractivity contribution in [2.45, 2.75) is 19.3 Å². The Morgan fingerprint density at radius 1 is 1.23 bits per heavy atom. The first-order chi connectivity index (χ1) is 10.8. The first kappa shape index (κ1) is 13.0. The van der Waals surface area contributed by atoms with E-state index in [0.29, 0.717) is 11.7 Å². The van der Waals surface area contributed by atoms with Gasteiger partial charge in [-0.25, -0.2) is 0 Å². The summed E-state index contributed by atoms with van der Waals surface area (Å²) in [5.74, 6) is 3.83. The van der Waals surface area contributed by atoms with Gasteiger partial charge in [-0.2, -0.15) is 9.78 Å². The van der Waals surface area contributed by atoms with Gasteiger partial charge in [0.2, 0.25) is 0 Å². The lowest BCUT2D eigenvalue weighted by Crippen LogP contribution is -1.92. The fourth-order valence-corrected chi connectivity index (χ4v) is 2.57. The standard InChI is InChI=1S/C17H16N4O/c1-12-9-15(12)16-8-7-14(22-16)10-19-21-11-18-20-17(21)13-5-3-2-4-6-13/h2-8,10-12,15H,9H2,1H3/b19-10-/t12-,15+/m0/s1. The summed E-state index contributed by atoms with van der Waals surface area (Å²) in [6.07, 6.45) is 4.51. The fraction of sp³-hybridized carbons (Fsp3) is 0.235. The van der Waals surface area contributed by atoms with Gasteiger partial charge in [-0.3, -0.25) is 0 Å². The summed E-state index contributed by atoms with van der Waals surface area (Å²) in [7, 11) is 0. The normalized spacial score (nSPS) is 20.6. The SMILES string of the molecule is C[C@H]1C[C@H]1c1ccc(/C=N\n2cnnc2-c2ccccc2)o1. The second-order valence-electron chi connectivity index (χ2n) is 5.67. The Morgan fingerprint density at radius 2 is 2.05 bits per heavy atom. The molecular weight excluding hydrogens is 276 g/mol. The van der Waals surface area contributed by atoms with Gasteiger partial charge in [-0.1, -0.05) is 37.3 Å². The molecule has 3 aromatic rings. The summed E-state index contributed by atoms with van der Waals surface area (Å²) in [5, 5.41) is 12.5. The zero-order valence-corrected chi connectivity index (χ0v) is 12.3. The monoisotopic (exact) mass is 292 g/mol. The van der Waals surface area contributed by atoms with Crippen molar-refractivity contribution in [1.82, 2.24) is 14.9 Å². The van der Waals surface area contributed by atoms with Gasteiger partial charge in [-0.05, 0) is 24.5 Å². The van der Waals surface area contributed by atoms with Gasteiger partial charge in [0, 0.05) is 11.5 Å². The lowest BCUT2D eigenvalue weighted by atomic mass is 10.2. The minimum Gasteiger partial charge on any atom is -0.460 e. The molecule has 1 saturated carbocycles. The molecule has 0 amide bonds. The number of furan rings is 1. The topological polar surface area (TPSA) is 56.2 Å². The molecule has 1 fully saturated rings. The maximum atomic E-state index is 5.82. The first-order valence-electron chi connectivity index (χ1n) is 7.41. The summed E-state index contributed by atoms with van der Waals surface area (Å²) < 4.78 is 7.47. The van der Waals surface area contributed by atoms with Gasteiger partial charge in [0.15, 0.2) is 5.82 Å². The van der Waals surface area contributed by atoms with Crippen molar-refractivity contribution in [3.05, 3.63) is 60.3 Å². The molecule has 0 spiro atoms. The molecule has 1 aromatic carbocycles. The predicted molar refractivity (Wildman–Crippen MR) is 83.7 cm³/mol. The van der Waals surface area contributed by atoms with Gasteiger partial charge in [0.05, 0.1) is 6.21 Å². The highest BCUT2D eigenvalue weighted by Gasteiger charge is 2.36. The number of benzene rings is 1. The zero-order valence-electron chi connectivity index (χ0n) is 12.3. The van der Waals surface area contributed by atoms with Crippen molar-refractivity contribution in [3.8, 4) is 11.4 Å². The van der Waals surface area contributed by atoms with Crippen LogP contribution in [0.4, 0.5) is 0 Å². The molecule has 22 heavy (non-hydrogen) atoms. The van der Waals surface area contributed by atoms with E-state index in [4.69, 9.17) is 4.42 Å². The number of nitrogens with zero attached hydrogens (tertiary/aromatic N) is 4. The molecular formula is C17H16N4O. The Balaban J connectivity index is 1.56. The van der Waals surface area contributed by atoms with Gasteiger partial charge in [0.1, 0.15) is 17.8 Å². The van der Waals surface area contributed by atoms with Gasteiger partial charge in [-0.15, -0.1) is 10.2 Å². The Hall–Kier alpha value is -2.69. The van der Waals surface area contributed by atoms with E-state index in [1.807, 2.05) is 42.5 Å². The largest absolute Gasteiger partial charge is 0.460 e. The summed E-state index contributed by atoms with van der Waals surface area (Å²) in [6, 6.07) is 13.9. The highest BCUT2D eigenvalue weighted by molar-refractivity contribution is 5.76. The maximum absolute atomic E-state index is 5.82. The molecule has 5 nitrogen and oxygen atoms in total. The minimum atomic E-state index is 0.581. The van der Waals surface area contributed by atoms with Crippen molar-refractivity contribution in [1.29, 1.82) is 0 Å². The molecule has 0 unspecified atom stereocenters. The molecule has 2 heterocycles. The zero-order chi connectivity index (χ0) is 14.9. The van der Waals surface area contributed by atoms with Crippen LogP contribution in [0.3, 0.4) is 0 Å². The van der Waals surface area contributed by atoms with E-state index >= 15 is 0 Å². The van der Waals surface area contributed by atoms with Crippen molar-refractivity contribution in [3.63, 3.8) is 0 Å². The van der Waals surface area contributed by atoms with Crippen molar-refractivity contribution < 1.29 is 4.42 Å². The fourth-order valence-electron chi connectivity index (χ4n) is 2.57. The van der Waals surface area contributed by atoms with Gasteiger partial charge >= 0.3 is 0 Å². The van der Waals surface area contributed by atoms with E-state index in [9.17, 15) is 0 Å². The average molecular weight is 292 g/mol. The smallest absolute Gasteiger partial charge is 0.184 e. The van der Waals surface area contributed by atoms with Crippen LogP contribution in [0.2, 0.25) is 0 Å². The molecule has 2 aromatic heterocycles. The van der Waals surface area contributed by atoms with Crippen LogP contribution in [0.15, 0.2) is 58.3 Å². The van der Waals surface area contributed by atoms with Crippen LogP contribution in [0, 0.1) is 5.92 Å². The van der Waals surface area contributed by atoms with Crippen LogP contribution in [-0.4, -0.2) is 21.1 Å². The second kappa shape index (κ2) is 5.26. The summed E-state index contributed by atoms with van der Waals surface area (Å²) >= 11 is 0. The highest BCUT2D eigenvalue weighted by Crippen LogP contribution is 2.47. The van der Waals surface area contributed by atoms with E-state index in [1.54, 1.807) is 17.2 Å². The Bertz CT molecular complexity index is 803. The van der Waals surface area contributed by atoms with E-state index in [0.717, 1.165) is 23.0 Å². The van der Waals surface area contributed by atoms with Crippen LogP contribution < -0.4 is 0 Å². The number of aromatic nitrogens is 3. The molecule has 0 aliphatic heterocycles. The summed E-state index contributed by atoms with van der Waals surface area (Å²) in [5.41, 5.74) is 0.976. The van der Waals surface area contributed by atoms with Crippen molar-refractivity contribution >= 4 is 6.21 Å². The van der Waals surface area contributed by atoms with Crippen LogP contribution in [0.25, 0.3) is 11.4 Å². The summed E-state index contributed by atoms with van der Waals surface area (Å²) in [4.78, 5) is 0. The number of rotatable bonds is 4. The number of hydrogen-bond acceptors (Lipinski definition) is 4. The van der Waals surface area contributed by atoms with Crippen LogP contribution in [-0.2, 0) is 0 Å². The molecule has 0 N–H and O–H groups in total. The van der Waals surface area contributed by atoms with E-state index in [2.05, 4.69) is 22.2 Å². The first-order valence-corrected chi connectivity index (χ1v) is 7.41.